The van der Waals surface area contributed by atoms with E-state index in [-0.39, 0.29) is 5.97 Å². The molecule has 0 saturated carbocycles. The number of ether oxygens (including phenoxy) is 1. The van der Waals surface area contributed by atoms with Crippen LogP contribution in [0, 0.1) is 0 Å². The molecule has 1 saturated heterocycles. The minimum atomic E-state index is -0.167. The number of likely N-dealkylation sites (tertiary alicyclic amines) is 1. The third-order valence-electron chi connectivity index (χ3n) is 3.99. The first-order chi connectivity index (χ1) is 9.20. The predicted molar refractivity (Wildman–Crippen MR) is 75.9 cm³/mol. The SMILES string of the molecule is COC(=O)Cc1ccccc1CN1CCCCC1C. The maximum atomic E-state index is 11.5. The molecule has 3 heteroatoms. The minimum absolute atomic E-state index is 0.167. The number of benzene rings is 1. The van der Waals surface area contributed by atoms with Gasteiger partial charge in [-0.1, -0.05) is 30.7 Å². The molecule has 1 aliphatic heterocycles. The van der Waals surface area contributed by atoms with E-state index in [1.807, 2.05) is 18.2 Å². The molecule has 2 rings (SSSR count). The summed E-state index contributed by atoms with van der Waals surface area (Å²) in [6, 6.07) is 8.83. The zero-order valence-electron chi connectivity index (χ0n) is 11.9. The highest BCUT2D eigenvalue weighted by Gasteiger charge is 2.19. The van der Waals surface area contributed by atoms with Crippen molar-refractivity contribution >= 4 is 5.97 Å². The Balaban J connectivity index is 2.08. The highest BCUT2D eigenvalue weighted by atomic mass is 16.5. The molecule has 1 aliphatic rings. The van der Waals surface area contributed by atoms with Crippen LogP contribution in [0.15, 0.2) is 24.3 Å². The van der Waals surface area contributed by atoms with E-state index >= 15 is 0 Å². The molecule has 104 valence electrons. The zero-order chi connectivity index (χ0) is 13.7. The number of rotatable bonds is 4. The molecule has 0 aliphatic carbocycles. The number of hydrogen-bond donors (Lipinski definition) is 0. The van der Waals surface area contributed by atoms with Crippen molar-refractivity contribution in [1.82, 2.24) is 4.90 Å². The predicted octanol–water partition coefficient (Wildman–Crippen LogP) is 2.78. The van der Waals surface area contributed by atoms with Crippen molar-refractivity contribution in [3.63, 3.8) is 0 Å². The van der Waals surface area contributed by atoms with Gasteiger partial charge in [0.1, 0.15) is 0 Å². The van der Waals surface area contributed by atoms with Crippen molar-refractivity contribution in [2.24, 2.45) is 0 Å². The van der Waals surface area contributed by atoms with Gasteiger partial charge in [0, 0.05) is 12.6 Å². The molecule has 1 heterocycles. The summed E-state index contributed by atoms with van der Waals surface area (Å²) in [5, 5.41) is 0. The van der Waals surface area contributed by atoms with Gasteiger partial charge in [0.25, 0.3) is 0 Å². The van der Waals surface area contributed by atoms with E-state index in [2.05, 4.69) is 17.9 Å². The number of esters is 1. The van der Waals surface area contributed by atoms with Crippen LogP contribution < -0.4 is 0 Å². The maximum Gasteiger partial charge on any atom is 0.309 e. The number of hydrogen-bond acceptors (Lipinski definition) is 3. The second-order valence-electron chi connectivity index (χ2n) is 5.34. The van der Waals surface area contributed by atoms with Crippen LogP contribution >= 0.6 is 0 Å². The lowest BCUT2D eigenvalue weighted by molar-refractivity contribution is -0.139. The maximum absolute atomic E-state index is 11.5. The molecule has 0 spiro atoms. The molecule has 3 nitrogen and oxygen atoms in total. The molecule has 1 fully saturated rings. The van der Waals surface area contributed by atoms with Gasteiger partial charge < -0.3 is 4.74 Å². The van der Waals surface area contributed by atoms with Gasteiger partial charge in [-0.25, -0.2) is 0 Å². The molecular weight excluding hydrogens is 238 g/mol. The van der Waals surface area contributed by atoms with Crippen molar-refractivity contribution < 1.29 is 9.53 Å². The molecule has 0 radical (unpaired) electrons. The van der Waals surface area contributed by atoms with E-state index in [1.165, 1.54) is 31.9 Å². The van der Waals surface area contributed by atoms with Crippen molar-refractivity contribution in [1.29, 1.82) is 0 Å². The van der Waals surface area contributed by atoms with Gasteiger partial charge in [-0.3, -0.25) is 9.69 Å². The minimum Gasteiger partial charge on any atom is -0.469 e. The van der Waals surface area contributed by atoms with Gasteiger partial charge in [0.15, 0.2) is 0 Å². The third-order valence-corrected chi connectivity index (χ3v) is 3.99. The molecule has 0 bridgehead atoms. The van der Waals surface area contributed by atoms with Crippen LogP contribution in [0.1, 0.15) is 37.3 Å². The molecule has 1 aromatic rings. The Hall–Kier alpha value is -1.35. The first kappa shape index (κ1) is 14.1. The molecule has 1 atom stereocenters. The molecule has 0 aromatic heterocycles. The van der Waals surface area contributed by atoms with E-state index in [0.717, 1.165) is 18.7 Å². The molecule has 1 unspecified atom stereocenters. The summed E-state index contributed by atoms with van der Waals surface area (Å²) in [6.45, 7) is 4.39. The molecule has 0 N–H and O–H groups in total. The summed E-state index contributed by atoms with van der Waals surface area (Å²) in [6.07, 6.45) is 4.26. The average molecular weight is 261 g/mol. The highest BCUT2D eigenvalue weighted by molar-refractivity contribution is 5.72. The third kappa shape index (κ3) is 3.80. The number of methoxy groups -OCH3 is 1. The van der Waals surface area contributed by atoms with Gasteiger partial charge in [-0.15, -0.1) is 0 Å². The molecule has 19 heavy (non-hydrogen) atoms. The van der Waals surface area contributed by atoms with Crippen molar-refractivity contribution in [2.45, 2.75) is 45.2 Å². The zero-order valence-corrected chi connectivity index (χ0v) is 11.9. The van der Waals surface area contributed by atoms with Crippen LogP contribution in [0.25, 0.3) is 0 Å². The largest absolute Gasteiger partial charge is 0.469 e. The standard InChI is InChI=1S/C16H23NO2/c1-13-7-5-6-10-17(13)12-15-9-4-3-8-14(15)11-16(18)19-2/h3-4,8-9,13H,5-7,10-12H2,1-2H3. The smallest absolute Gasteiger partial charge is 0.309 e. The monoisotopic (exact) mass is 261 g/mol. The van der Waals surface area contributed by atoms with Crippen LogP contribution in [0.5, 0.6) is 0 Å². The summed E-state index contributed by atoms with van der Waals surface area (Å²) in [5.74, 6) is -0.167. The number of nitrogens with zero attached hydrogens (tertiary/aromatic N) is 1. The Morgan fingerprint density at radius 2 is 2.05 bits per heavy atom. The second kappa shape index (κ2) is 6.71. The second-order valence-corrected chi connectivity index (χ2v) is 5.34. The lowest BCUT2D eigenvalue weighted by Gasteiger charge is -2.33. The Morgan fingerprint density at radius 3 is 2.74 bits per heavy atom. The van der Waals surface area contributed by atoms with Gasteiger partial charge in [0.05, 0.1) is 13.5 Å². The Bertz CT molecular complexity index is 431. The Kier molecular flexibility index (Phi) is 4.97. The highest BCUT2D eigenvalue weighted by Crippen LogP contribution is 2.21. The molecule has 1 aromatic carbocycles. The van der Waals surface area contributed by atoms with E-state index < -0.39 is 0 Å². The van der Waals surface area contributed by atoms with Gasteiger partial charge in [-0.2, -0.15) is 0 Å². The number of piperidine rings is 1. The fourth-order valence-corrected chi connectivity index (χ4v) is 2.72. The van der Waals surface area contributed by atoms with E-state index in [4.69, 9.17) is 4.74 Å². The van der Waals surface area contributed by atoms with Crippen molar-refractivity contribution in [3.8, 4) is 0 Å². The van der Waals surface area contributed by atoms with E-state index in [9.17, 15) is 4.79 Å². The van der Waals surface area contributed by atoms with Crippen LogP contribution in [0.2, 0.25) is 0 Å². The summed E-state index contributed by atoms with van der Waals surface area (Å²) in [5.41, 5.74) is 2.34. The molecular formula is C16H23NO2. The average Bonchev–Trinajstić information content (AvgIpc) is 2.43. The van der Waals surface area contributed by atoms with Crippen LogP contribution in [-0.4, -0.2) is 30.6 Å². The van der Waals surface area contributed by atoms with Gasteiger partial charge >= 0.3 is 5.97 Å². The number of carbonyl (C=O) groups is 1. The quantitative estimate of drug-likeness (QED) is 0.781. The lowest BCUT2D eigenvalue weighted by Crippen LogP contribution is -2.37. The summed E-state index contributed by atoms with van der Waals surface area (Å²) in [4.78, 5) is 14.0. The first-order valence-corrected chi connectivity index (χ1v) is 7.08. The van der Waals surface area contributed by atoms with Crippen molar-refractivity contribution in [3.05, 3.63) is 35.4 Å². The van der Waals surface area contributed by atoms with Gasteiger partial charge in [-0.05, 0) is 37.4 Å². The van der Waals surface area contributed by atoms with Crippen molar-refractivity contribution in [2.75, 3.05) is 13.7 Å². The fraction of sp³-hybridized carbons (Fsp3) is 0.562. The summed E-state index contributed by atoms with van der Waals surface area (Å²) < 4.78 is 4.77. The van der Waals surface area contributed by atoms with E-state index in [0.29, 0.717) is 12.5 Å². The topological polar surface area (TPSA) is 29.5 Å². The molecule has 0 amide bonds. The lowest BCUT2D eigenvalue weighted by atomic mass is 10.00. The van der Waals surface area contributed by atoms with Crippen LogP contribution in [0.3, 0.4) is 0 Å². The number of carbonyl (C=O) groups excluding carboxylic acids is 1. The van der Waals surface area contributed by atoms with Gasteiger partial charge in [0.2, 0.25) is 0 Å². The Morgan fingerprint density at radius 1 is 1.32 bits per heavy atom. The summed E-state index contributed by atoms with van der Waals surface area (Å²) >= 11 is 0. The first-order valence-electron chi connectivity index (χ1n) is 7.08. The van der Waals surface area contributed by atoms with E-state index in [1.54, 1.807) is 0 Å². The Labute approximate surface area is 115 Å². The fourth-order valence-electron chi connectivity index (χ4n) is 2.72. The summed E-state index contributed by atoms with van der Waals surface area (Å²) in [7, 11) is 1.44. The van der Waals surface area contributed by atoms with Crippen LogP contribution in [-0.2, 0) is 22.5 Å². The normalized spacial score (nSPS) is 20.2. The van der Waals surface area contributed by atoms with Crippen LogP contribution in [0.4, 0.5) is 0 Å².